The summed E-state index contributed by atoms with van der Waals surface area (Å²) in [6.07, 6.45) is 0.205. The number of fused-ring (bicyclic) bond motifs is 1. The summed E-state index contributed by atoms with van der Waals surface area (Å²) in [4.78, 5) is 26.6. The molecule has 0 radical (unpaired) electrons. The second-order valence-corrected chi connectivity index (χ2v) is 6.98. The van der Waals surface area contributed by atoms with Crippen LogP contribution in [-0.4, -0.2) is 43.2 Å². The van der Waals surface area contributed by atoms with Crippen LogP contribution in [0.15, 0.2) is 48.5 Å². The van der Waals surface area contributed by atoms with Gasteiger partial charge in [0.15, 0.2) is 6.10 Å². The highest BCUT2D eigenvalue weighted by molar-refractivity contribution is 5.89. The minimum Gasteiger partial charge on any atom is -0.481 e. The highest BCUT2D eigenvalue weighted by atomic mass is 16.5. The van der Waals surface area contributed by atoms with Crippen LogP contribution < -0.4 is 15.4 Å². The highest BCUT2D eigenvalue weighted by Crippen LogP contribution is 2.28. The molecule has 3 amide bonds. The molecule has 0 aromatic heterocycles. The number of carbonyl (C=O) groups is 2. The number of anilines is 1. The molecule has 1 aliphatic rings. The Hall–Kier alpha value is -3.06. The minimum absolute atomic E-state index is 0.0487. The third-order valence-corrected chi connectivity index (χ3v) is 4.72. The maximum absolute atomic E-state index is 12.6. The van der Waals surface area contributed by atoms with Gasteiger partial charge in [-0.3, -0.25) is 4.79 Å². The van der Waals surface area contributed by atoms with Crippen LogP contribution in [-0.2, 0) is 22.6 Å². The van der Waals surface area contributed by atoms with E-state index in [0.29, 0.717) is 37.7 Å². The highest BCUT2D eigenvalue weighted by Gasteiger charge is 2.27. The Morgan fingerprint density at radius 1 is 1.24 bits per heavy atom. The second kappa shape index (κ2) is 9.93. The summed E-state index contributed by atoms with van der Waals surface area (Å²) >= 11 is 0. The van der Waals surface area contributed by atoms with E-state index >= 15 is 0 Å². The van der Waals surface area contributed by atoms with Gasteiger partial charge < -0.3 is 25.0 Å². The number of methoxy groups -OCH3 is 1. The van der Waals surface area contributed by atoms with Crippen LogP contribution in [0, 0.1) is 0 Å². The largest absolute Gasteiger partial charge is 0.481 e. The minimum atomic E-state index is -0.549. The predicted octanol–water partition coefficient (Wildman–Crippen LogP) is 3.15. The van der Waals surface area contributed by atoms with E-state index in [1.807, 2.05) is 36.4 Å². The van der Waals surface area contributed by atoms with Crippen molar-refractivity contribution >= 4 is 17.6 Å². The third-order valence-electron chi connectivity index (χ3n) is 4.72. The number of ether oxygens (including phenoxy) is 2. The molecule has 154 valence electrons. The summed E-state index contributed by atoms with van der Waals surface area (Å²) < 4.78 is 10.9. The fourth-order valence-electron chi connectivity index (χ4n) is 3.22. The van der Waals surface area contributed by atoms with Crippen molar-refractivity contribution in [1.29, 1.82) is 0 Å². The molecule has 0 saturated carbocycles. The Bertz CT molecular complexity index is 841. The number of rotatable bonds is 7. The van der Waals surface area contributed by atoms with E-state index in [9.17, 15) is 9.59 Å². The Balaban J connectivity index is 1.65. The third kappa shape index (κ3) is 5.71. The standard InChI is InChI=1S/C22H27N3O4/c1-16-21(26)25(11-6-12-28-2)15-18-13-19(9-10-20(18)29-16)24-22(27)23-14-17-7-4-3-5-8-17/h3-5,7-10,13,16H,6,11-12,14-15H2,1-2H3,(H2,23,24,27)/t16-/m1/s1. The normalized spacial score (nSPS) is 15.9. The molecule has 29 heavy (non-hydrogen) atoms. The lowest BCUT2D eigenvalue weighted by Gasteiger charge is -2.22. The van der Waals surface area contributed by atoms with Crippen molar-refractivity contribution in [3.05, 3.63) is 59.7 Å². The Kier molecular flexibility index (Phi) is 7.08. The number of nitrogens with one attached hydrogen (secondary N) is 2. The van der Waals surface area contributed by atoms with Crippen LogP contribution in [0.2, 0.25) is 0 Å². The smallest absolute Gasteiger partial charge is 0.319 e. The van der Waals surface area contributed by atoms with Gasteiger partial charge in [-0.05, 0) is 37.1 Å². The van der Waals surface area contributed by atoms with Gasteiger partial charge in [-0.15, -0.1) is 0 Å². The summed E-state index contributed by atoms with van der Waals surface area (Å²) in [5, 5.41) is 5.68. The first-order chi connectivity index (χ1) is 14.1. The predicted molar refractivity (Wildman–Crippen MR) is 111 cm³/mol. The van der Waals surface area contributed by atoms with Gasteiger partial charge in [-0.25, -0.2) is 4.79 Å². The van der Waals surface area contributed by atoms with Gasteiger partial charge in [-0.2, -0.15) is 0 Å². The Morgan fingerprint density at radius 2 is 2.03 bits per heavy atom. The fourth-order valence-corrected chi connectivity index (χ4v) is 3.22. The van der Waals surface area contributed by atoms with Crippen molar-refractivity contribution in [3.63, 3.8) is 0 Å². The molecule has 3 rings (SSSR count). The molecule has 1 aliphatic heterocycles. The van der Waals surface area contributed by atoms with Gasteiger partial charge in [-0.1, -0.05) is 30.3 Å². The van der Waals surface area contributed by atoms with Gasteiger partial charge in [0.25, 0.3) is 5.91 Å². The van der Waals surface area contributed by atoms with Crippen molar-refractivity contribution < 1.29 is 19.1 Å². The van der Waals surface area contributed by atoms with Crippen molar-refractivity contribution in [2.75, 3.05) is 25.6 Å². The summed E-state index contributed by atoms with van der Waals surface area (Å²) in [7, 11) is 1.64. The van der Waals surface area contributed by atoms with Crippen LogP contribution in [0.3, 0.4) is 0 Å². The van der Waals surface area contributed by atoms with Gasteiger partial charge >= 0.3 is 6.03 Å². The summed E-state index contributed by atoms with van der Waals surface area (Å²) in [6, 6.07) is 14.8. The van der Waals surface area contributed by atoms with Crippen molar-refractivity contribution in [1.82, 2.24) is 10.2 Å². The monoisotopic (exact) mass is 397 g/mol. The SMILES string of the molecule is COCCCN1Cc2cc(NC(=O)NCc3ccccc3)ccc2O[C@H](C)C1=O. The first-order valence-corrected chi connectivity index (χ1v) is 9.73. The van der Waals surface area contributed by atoms with Crippen molar-refractivity contribution in [3.8, 4) is 5.75 Å². The van der Waals surface area contributed by atoms with E-state index in [-0.39, 0.29) is 11.9 Å². The molecule has 0 spiro atoms. The van der Waals surface area contributed by atoms with Crippen LogP contribution in [0.1, 0.15) is 24.5 Å². The van der Waals surface area contributed by atoms with Crippen LogP contribution in [0.25, 0.3) is 0 Å². The van der Waals surface area contributed by atoms with Gasteiger partial charge in [0.2, 0.25) is 0 Å². The van der Waals surface area contributed by atoms with E-state index in [0.717, 1.165) is 17.5 Å². The molecule has 0 fully saturated rings. The molecule has 2 N–H and O–H groups in total. The maximum Gasteiger partial charge on any atom is 0.319 e. The molecule has 0 bridgehead atoms. The van der Waals surface area contributed by atoms with E-state index in [1.165, 1.54) is 0 Å². The van der Waals surface area contributed by atoms with E-state index < -0.39 is 6.10 Å². The summed E-state index contributed by atoms with van der Waals surface area (Å²) in [5.74, 6) is 0.614. The van der Waals surface area contributed by atoms with Crippen LogP contribution in [0.4, 0.5) is 10.5 Å². The number of carbonyl (C=O) groups excluding carboxylic acids is 2. The Morgan fingerprint density at radius 3 is 2.79 bits per heavy atom. The van der Waals surface area contributed by atoms with Crippen LogP contribution >= 0.6 is 0 Å². The lowest BCUT2D eigenvalue weighted by Crippen LogP contribution is -2.38. The molecular weight excluding hydrogens is 370 g/mol. The topological polar surface area (TPSA) is 79.9 Å². The fraction of sp³-hybridized carbons (Fsp3) is 0.364. The average molecular weight is 397 g/mol. The molecule has 2 aromatic carbocycles. The summed E-state index contributed by atoms with van der Waals surface area (Å²) in [6.45, 7) is 3.82. The zero-order valence-corrected chi connectivity index (χ0v) is 16.8. The van der Waals surface area contributed by atoms with Gasteiger partial charge in [0, 0.05) is 44.6 Å². The van der Waals surface area contributed by atoms with Gasteiger partial charge in [0.05, 0.1) is 0 Å². The number of nitrogens with zero attached hydrogens (tertiary/aromatic N) is 1. The zero-order chi connectivity index (χ0) is 20.6. The molecule has 7 nitrogen and oxygen atoms in total. The quantitative estimate of drug-likeness (QED) is 0.704. The van der Waals surface area contributed by atoms with E-state index in [4.69, 9.17) is 9.47 Å². The molecule has 0 unspecified atom stereocenters. The number of hydrogen-bond donors (Lipinski definition) is 2. The van der Waals surface area contributed by atoms with Gasteiger partial charge in [0.1, 0.15) is 5.75 Å². The Labute approximate surface area is 171 Å². The van der Waals surface area contributed by atoms with Crippen LogP contribution in [0.5, 0.6) is 5.75 Å². The summed E-state index contributed by atoms with van der Waals surface area (Å²) in [5.41, 5.74) is 2.54. The number of hydrogen-bond acceptors (Lipinski definition) is 4. The molecule has 1 heterocycles. The molecule has 1 atom stereocenters. The molecule has 2 aromatic rings. The zero-order valence-electron chi connectivity index (χ0n) is 16.8. The molecule has 0 saturated heterocycles. The number of benzene rings is 2. The molecule has 0 aliphatic carbocycles. The lowest BCUT2D eigenvalue weighted by atomic mass is 10.1. The average Bonchev–Trinajstić information content (AvgIpc) is 2.84. The second-order valence-electron chi connectivity index (χ2n) is 6.98. The molecular formula is C22H27N3O4. The number of urea groups is 1. The maximum atomic E-state index is 12.6. The van der Waals surface area contributed by atoms with E-state index in [2.05, 4.69) is 10.6 Å². The van der Waals surface area contributed by atoms with Crippen molar-refractivity contribution in [2.45, 2.75) is 32.5 Å². The first-order valence-electron chi connectivity index (χ1n) is 9.73. The van der Waals surface area contributed by atoms with Crippen molar-refractivity contribution in [2.24, 2.45) is 0 Å². The lowest BCUT2D eigenvalue weighted by molar-refractivity contribution is -0.137. The first kappa shape index (κ1) is 20.7. The van der Waals surface area contributed by atoms with E-state index in [1.54, 1.807) is 31.1 Å². The molecule has 7 heteroatoms. The number of amides is 3.